The van der Waals surface area contributed by atoms with Gasteiger partial charge < -0.3 is 14.9 Å². The summed E-state index contributed by atoms with van der Waals surface area (Å²) in [5, 5.41) is 21.1. The average Bonchev–Trinajstić information content (AvgIpc) is 3.10. The maximum Gasteiger partial charge on any atom is 0.0642 e. The zero-order valence-electron chi connectivity index (χ0n) is 20.7. The van der Waals surface area contributed by atoms with E-state index < -0.39 is 5.60 Å². The summed E-state index contributed by atoms with van der Waals surface area (Å²) in [6, 6.07) is 0. The van der Waals surface area contributed by atoms with Crippen LogP contribution in [0.2, 0.25) is 0 Å². The topological polar surface area (TPSA) is 49.7 Å². The van der Waals surface area contributed by atoms with Crippen LogP contribution in [0.3, 0.4) is 0 Å². The third kappa shape index (κ3) is 4.06. The average molecular weight is 433 g/mol. The van der Waals surface area contributed by atoms with Crippen LogP contribution in [-0.2, 0) is 4.74 Å². The molecule has 3 fully saturated rings. The van der Waals surface area contributed by atoms with Gasteiger partial charge in [-0.1, -0.05) is 38.8 Å². The van der Waals surface area contributed by atoms with Gasteiger partial charge in [-0.3, -0.25) is 0 Å². The molecule has 2 N–H and O–H groups in total. The number of methoxy groups -OCH3 is 1. The largest absolute Gasteiger partial charge is 0.393 e. The van der Waals surface area contributed by atoms with Crippen molar-refractivity contribution >= 4 is 0 Å². The van der Waals surface area contributed by atoms with Crippen LogP contribution in [-0.4, -0.2) is 35.6 Å². The molecule has 31 heavy (non-hydrogen) atoms. The molecule has 4 aliphatic rings. The molecule has 0 bridgehead atoms. The molecule has 0 aromatic rings. The first kappa shape index (κ1) is 23.8. The van der Waals surface area contributed by atoms with Crippen molar-refractivity contribution in [3.63, 3.8) is 0 Å². The van der Waals surface area contributed by atoms with Crippen LogP contribution in [0.5, 0.6) is 0 Å². The molecule has 7 atom stereocenters. The molecule has 0 heterocycles. The van der Waals surface area contributed by atoms with Crippen molar-refractivity contribution in [1.29, 1.82) is 0 Å². The quantitative estimate of drug-likeness (QED) is 0.444. The highest BCUT2D eigenvalue weighted by molar-refractivity contribution is 5.26. The molecule has 0 radical (unpaired) electrons. The van der Waals surface area contributed by atoms with Gasteiger partial charge in [0.05, 0.1) is 18.3 Å². The van der Waals surface area contributed by atoms with Crippen molar-refractivity contribution in [3.8, 4) is 0 Å². The molecule has 3 saturated carbocycles. The second-order valence-electron chi connectivity index (χ2n) is 12.0. The summed E-state index contributed by atoms with van der Waals surface area (Å²) < 4.78 is 5.84. The number of aliphatic hydroxyl groups is 2. The van der Waals surface area contributed by atoms with E-state index in [4.69, 9.17) is 4.74 Å². The van der Waals surface area contributed by atoms with Crippen molar-refractivity contribution in [3.05, 3.63) is 11.6 Å². The second kappa shape index (κ2) is 9.11. The molecular weight excluding hydrogens is 384 g/mol. The molecule has 4 aliphatic carbocycles. The molecule has 178 valence electrons. The lowest BCUT2D eigenvalue weighted by Gasteiger charge is -2.59. The van der Waals surface area contributed by atoms with Crippen molar-refractivity contribution in [2.75, 3.05) is 13.7 Å². The summed E-state index contributed by atoms with van der Waals surface area (Å²) >= 11 is 0. The molecule has 0 amide bonds. The standard InChI is InChI=1S/C28H48O3/c1-5-27(30,6-2)15-7-8-20-10-12-24-23-11-9-21-18-22(29)13-17-28(21,19-31-4)25(23)14-16-26(20,24)3/h9,20,22-25,29-30H,5-8,10-19H2,1-4H3. The smallest absolute Gasteiger partial charge is 0.0642 e. The summed E-state index contributed by atoms with van der Waals surface area (Å²) in [6.07, 6.45) is 17.2. The van der Waals surface area contributed by atoms with Crippen LogP contribution < -0.4 is 0 Å². The minimum Gasteiger partial charge on any atom is -0.393 e. The van der Waals surface area contributed by atoms with Crippen LogP contribution in [0.1, 0.15) is 104 Å². The van der Waals surface area contributed by atoms with Gasteiger partial charge >= 0.3 is 0 Å². The summed E-state index contributed by atoms with van der Waals surface area (Å²) in [7, 11) is 1.87. The highest BCUT2D eigenvalue weighted by atomic mass is 16.5. The van der Waals surface area contributed by atoms with E-state index in [-0.39, 0.29) is 11.5 Å². The van der Waals surface area contributed by atoms with E-state index in [1.54, 1.807) is 0 Å². The van der Waals surface area contributed by atoms with Gasteiger partial charge in [0.25, 0.3) is 0 Å². The lowest BCUT2D eigenvalue weighted by atomic mass is 9.47. The monoisotopic (exact) mass is 432 g/mol. The lowest BCUT2D eigenvalue weighted by molar-refractivity contribution is -0.0817. The Labute approximate surface area is 191 Å². The molecular formula is C28H48O3. The Kier molecular flexibility index (Phi) is 6.98. The van der Waals surface area contributed by atoms with Gasteiger partial charge in [0.2, 0.25) is 0 Å². The van der Waals surface area contributed by atoms with E-state index in [1.165, 1.54) is 50.5 Å². The number of ether oxygens (including phenoxy) is 1. The molecule has 4 rings (SSSR count). The zero-order valence-corrected chi connectivity index (χ0v) is 20.7. The van der Waals surface area contributed by atoms with Gasteiger partial charge in [-0.15, -0.1) is 0 Å². The van der Waals surface area contributed by atoms with Crippen LogP contribution in [0, 0.1) is 34.5 Å². The fourth-order valence-corrected chi connectivity index (χ4v) is 8.83. The van der Waals surface area contributed by atoms with Crippen molar-refractivity contribution in [2.24, 2.45) is 34.5 Å². The summed E-state index contributed by atoms with van der Waals surface area (Å²) in [6.45, 7) is 7.71. The van der Waals surface area contributed by atoms with Crippen LogP contribution in [0.4, 0.5) is 0 Å². The van der Waals surface area contributed by atoms with E-state index in [2.05, 4.69) is 26.8 Å². The van der Waals surface area contributed by atoms with Gasteiger partial charge in [0.15, 0.2) is 0 Å². The fraction of sp³-hybridized carbons (Fsp3) is 0.929. The molecule has 0 saturated heterocycles. The molecule has 0 aromatic carbocycles. The third-order valence-corrected chi connectivity index (χ3v) is 10.9. The molecule has 0 aromatic heterocycles. The SMILES string of the molecule is CCC(O)(CC)CCCC1CCC2C3CC=C4CC(O)CCC4(COC)C3CCC12C. The number of fused-ring (bicyclic) bond motifs is 5. The van der Waals surface area contributed by atoms with E-state index in [1.807, 2.05) is 7.11 Å². The van der Waals surface area contributed by atoms with Crippen LogP contribution in [0.25, 0.3) is 0 Å². The van der Waals surface area contributed by atoms with Crippen molar-refractivity contribution in [1.82, 2.24) is 0 Å². The minimum atomic E-state index is -0.445. The Morgan fingerprint density at radius 3 is 2.58 bits per heavy atom. The molecule has 3 heteroatoms. The van der Waals surface area contributed by atoms with E-state index >= 15 is 0 Å². The Morgan fingerprint density at radius 1 is 1.10 bits per heavy atom. The maximum absolute atomic E-state index is 10.7. The minimum absolute atomic E-state index is 0.151. The van der Waals surface area contributed by atoms with Crippen molar-refractivity contribution in [2.45, 2.75) is 116 Å². The van der Waals surface area contributed by atoms with Crippen molar-refractivity contribution < 1.29 is 14.9 Å². The Morgan fingerprint density at radius 2 is 1.87 bits per heavy atom. The summed E-state index contributed by atoms with van der Waals surface area (Å²) in [5.41, 5.74) is 1.74. The second-order valence-corrected chi connectivity index (χ2v) is 12.0. The zero-order chi connectivity index (χ0) is 22.3. The van der Waals surface area contributed by atoms with Gasteiger partial charge in [-0.05, 0) is 106 Å². The lowest BCUT2D eigenvalue weighted by Crippen LogP contribution is -2.53. The number of aliphatic hydroxyl groups excluding tert-OH is 1. The summed E-state index contributed by atoms with van der Waals surface area (Å²) in [4.78, 5) is 0. The summed E-state index contributed by atoms with van der Waals surface area (Å²) in [5.74, 6) is 3.20. The van der Waals surface area contributed by atoms with Crippen LogP contribution >= 0.6 is 0 Å². The van der Waals surface area contributed by atoms with E-state index in [0.717, 1.165) is 68.8 Å². The molecule has 7 unspecified atom stereocenters. The van der Waals surface area contributed by atoms with Crippen LogP contribution in [0.15, 0.2) is 11.6 Å². The van der Waals surface area contributed by atoms with E-state index in [0.29, 0.717) is 5.41 Å². The third-order valence-electron chi connectivity index (χ3n) is 10.9. The normalized spacial score (nSPS) is 42.5. The number of rotatable bonds is 8. The first-order valence-corrected chi connectivity index (χ1v) is 13.4. The number of hydrogen-bond acceptors (Lipinski definition) is 3. The maximum atomic E-state index is 10.7. The highest BCUT2D eigenvalue weighted by Crippen LogP contribution is 2.67. The molecule has 0 aliphatic heterocycles. The van der Waals surface area contributed by atoms with Gasteiger partial charge in [0.1, 0.15) is 0 Å². The Hall–Kier alpha value is -0.380. The number of allylic oxidation sites excluding steroid dienone is 1. The Balaban J connectivity index is 1.48. The van der Waals surface area contributed by atoms with E-state index in [9.17, 15) is 10.2 Å². The highest BCUT2D eigenvalue weighted by Gasteiger charge is 2.59. The first-order chi connectivity index (χ1) is 14.8. The Bertz CT molecular complexity index is 653. The van der Waals surface area contributed by atoms with Gasteiger partial charge in [-0.2, -0.15) is 0 Å². The van der Waals surface area contributed by atoms with Gasteiger partial charge in [-0.25, -0.2) is 0 Å². The first-order valence-electron chi connectivity index (χ1n) is 13.4. The van der Waals surface area contributed by atoms with Gasteiger partial charge in [0, 0.05) is 12.5 Å². The molecule has 0 spiro atoms. The number of hydrogen-bond donors (Lipinski definition) is 2. The predicted molar refractivity (Wildman–Crippen MR) is 127 cm³/mol. The fourth-order valence-electron chi connectivity index (χ4n) is 8.83. The predicted octanol–water partition coefficient (Wildman–Crippen LogP) is 6.27. The molecule has 3 nitrogen and oxygen atoms in total.